The summed E-state index contributed by atoms with van der Waals surface area (Å²) in [6.45, 7) is 4.11. The van der Waals surface area contributed by atoms with Crippen molar-refractivity contribution in [1.29, 1.82) is 0 Å². The predicted octanol–water partition coefficient (Wildman–Crippen LogP) is -0.453. The minimum absolute atomic E-state index is 0.0170. The zero-order valence-corrected chi connectivity index (χ0v) is 14.6. The molecule has 0 bridgehead atoms. The Balaban J connectivity index is 1.78. The van der Waals surface area contributed by atoms with Crippen molar-refractivity contribution in [2.45, 2.75) is 26.3 Å². The van der Waals surface area contributed by atoms with E-state index >= 15 is 0 Å². The van der Waals surface area contributed by atoms with E-state index in [1.165, 1.54) is 0 Å². The van der Waals surface area contributed by atoms with Crippen molar-refractivity contribution in [1.82, 2.24) is 15.4 Å². The summed E-state index contributed by atoms with van der Waals surface area (Å²) in [5, 5.41) is 8.97. The van der Waals surface area contributed by atoms with Crippen LogP contribution in [0, 0.1) is 6.92 Å². The highest BCUT2D eigenvalue weighted by atomic mass is 32.2. The van der Waals surface area contributed by atoms with E-state index in [4.69, 9.17) is 4.52 Å². The zero-order chi connectivity index (χ0) is 17.7. The van der Waals surface area contributed by atoms with Crippen LogP contribution in [0.1, 0.15) is 19.1 Å². The number of nitrogens with zero attached hydrogens (tertiary/aromatic N) is 2. The van der Waals surface area contributed by atoms with Gasteiger partial charge in [-0.1, -0.05) is 12.1 Å². The van der Waals surface area contributed by atoms with Crippen LogP contribution < -0.4 is 10.6 Å². The fraction of sp³-hybridized carbons (Fsp3) is 0.643. The van der Waals surface area contributed by atoms with E-state index in [0.717, 1.165) is 0 Å². The summed E-state index contributed by atoms with van der Waals surface area (Å²) in [6, 6.07) is 1.26. The maximum Gasteiger partial charge on any atom is 0.239 e. The molecule has 2 heterocycles. The molecular formula is C14H22N4O5S. The van der Waals surface area contributed by atoms with Crippen molar-refractivity contribution < 1.29 is 22.5 Å². The largest absolute Gasteiger partial charge is 0.360 e. The molecule has 0 aliphatic carbocycles. The van der Waals surface area contributed by atoms with Crippen LogP contribution in [0.5, 0.6) is 0 Å². The fourth-order valence-electron chi connectivity index (χ4n) is 2.48. The summed E-state index contributed by atoms with van der Waals surface area (Å²) in [5.41, 5.74) is 0. The lowest BCUT2D eigenvalue weighted by Gasteiger charge is -2.20. The van der Waals surface area contributed by atoms with Crippen LogP contribution in [-0.2, 0) is 19.4 Å². The second-order valence-electron chi connectivity index (χ2n) is 5.84. The molecule has 0 aromatic carbocycles. The van der Waals surface area contributed by atoms with Crippen molar-refractivity contribution in [3.8, 4) is 0 Å². The number of rotatable bonds is 7. The maximum atomic E-state index is 12.0. The Bertz CT molecular complexity index is 700. The van der Waals surface area contributed by atoms with Gasteiger partial charge in [0.1, 0.15) is 5.76 Å². The van der Waals surface area contributed by atoms with Crippen LogP contribution in [-0.4, -0.2) is 67.5 Å². The summed E-state index contributed by atoms with van der Waals surface area (Å²) in [6.07, 6.45) is 0.437. The summed E-state index contributed by atoms with van der Waals surface area (Å²) in [4.78, 5) is 25.6. The quantitative estimate of drug-likeness (QED) is 0.677. The summed E-state index contributed by atoms with van der Waals surface area (Å²) >= 11 is 0. The molecule has 134 valence electrons. The monoisotopic (exact) mass is 358 g/mol. The molecule has 0 radical (unpaired) electrons. The van der Waals surface area contributed by atoms with Gasteiger partial charge in [0.2, 0.25) is 11.8 Å². The molecule has 2 N–H and O–H groups in total. The number of sulfone groups is 1. The number of hydrogen-bond donors (Lipinski definition) is 2. The smallest absolute Gasteiger partial charge is 0.239 e. The third-order valence-corrected chi connectivity index (χ3v) is 5.44. The Hall–Kier alpha value is -1.94. The molecule has 0 spiro atoms. The minimum Gasteiger partial charge on any atom is -0.360 e. The van der Waals surface area contributed by atoms with E-state index < -0.39 is 9.84 Å². The maximum absolute atomic E-state index is 12.0. The molecule has 1 aromatic rings. The van der Waals surface area contributed by atoms with Gasteiger partial charge in [-0.25, -0.2) is 8.42 Å². The lowest BCUT2D eigenvalue weighted by Crippen LogP contribution is -2.44. The fourth-order valence-corrected chi connectivity index (χ4v) is 4.15. The zero-order valence-electron chi connectivity index (χ0n) is 13.7. The lowest BCUT2D eigenvalue weighted by atomic mass is 10.2. The molecule has 1 saturated heterocycles. The van der Waals surface area contributed by atoms with E-state index in [1.54, 1.807) is 17.9 Å². The normalized spacial score (nSPS) is 19.4. The number of hydrogen-bond acceptors (Lipinski definition) is 7. The van der Waals surface area contributed by atoms with Crippen molar-refractivity contribution in [3.05, 3.63) is 11.8 Å². The summed E-state index contributed by atoms with van der Waals surface area (Å²) < 4.78 is 27.6. The number of anilines is 1. The highest BCUT2D eigenvalue weighted by molar-refractivity contribution is 7.91. The number of carbonyl (C=O) groups excluding carboxylic acids is 2. The SMILES string of the molecule is CCN(CC(=O)Nc1cc(C)on1)CC(=O)N[C@@H]1CCS(=O)(=O)C1. The van der Waals surface area contributed by atoms with Gasteiger partial charge < -0.3 is 15.2 Å². The average Bonchev–Trinajstić information content (AvgIpc) is 3.03. The molecular weight excluding hydrogens is 336 g/mol. The van der Waals surface area contributed by atoms with Gasteiger partial charge in [-0.05, 0) is 19.9 Å². The van der Waals surface area contributed by atoms with Crippen molar-refractivity contribution in [2.75, 3.05) is 36.5 Å². The average molecular weight is 358 g/mol. The Morgan fingerprint density at radius 3 is 2.62 bits per heavy atom. The van der Waals surface area contributed by atoms with Crippen LogP contribution in [0.25, 0.3) is 0 Å². The predicted molar refractivity (Wildman–Crippen MR) is 87.2 cm³/mol. The van der Waals surface area contributed by atoms with Crippen molar-refractivity contribution in [3.63, 3.8) is 0 Å². The van der Waals surface area contributed by atoms with Gasteiger partial charge in [-0.3, -0.25) is 14.5 Å². The molecule has 1 atom stereocenters. The summed E-state index contributed by atoms with van der Waals surface area (Å²) in [5.74, 6) is 0.411. The van der Waals surface area contributed by atoms with E-state index in [-0.39, 0.29) is 42.5 Å². The van der Waals surface area contributed by atoms with Gasteiger partial charge in [-0.2, -0.15) is 0 Å². The lowest BCUT2D eigenvalue weighted by molar-refractivity contribution is -0.123. The Kier molecular flexibility index (Phi) is 5.94. The first-order valence-corrected chi connectivity index (χ1v) is 9.55. The minimum atomic E-state index is -3.03. The van der Waals surface area contributed by atoms with Gasteiger partial charge in [0.15, 0.2) is 15.7 Å². The van der Waals surface area contributed by atoms with Crippen LogP contribution in [0.3, 0.4) is 0 Å². The molecule has 1 aliphatic rings. The standard InChI is InChI=1S/C14H22N4O5S/c1-3-18(8-14(20)16-12-6-10(2)23-17-12)7-13(19)15-11-4-5-24(21,22)9-11/h6,11H,3-5,7-9H2,1-2H3,(H,15,19)(H,16,17,20)/t11-/m1/s1. The number of nitrogens with one attached hydrogen (secondary N) is 2. The Morgan fingerprint density at radius 1 is 1.38 bits per heavy atom. The van der Waals surface area contributed by atoms with E-state index in [1.807, 2.05) is 6.92 Å². The first-order valence-electron chi connectivity index (χ1n) is 7.72. The number of amides is 2. The molecule has 9 nitrogen and oxygen atoms in total. The van der Waals surface area contributed by atoms with Crippen molar-refractivity contribution >= 4 is 27.5 Å². The third-order valence-electron chi connectivity index (χ3n) is 3.67. The number of likely N-dealkylation sites (N-methyl/N-ethyl adjacent to an activating group) is 1. The molecule has 10 heteroatoms. The van der Waals surface area contributed by atoms with Gasteiger partial charge in [0.25, 0.3) is 0 Å². The van der Waals surface area contributed by atoms with Crippen molar-refractivity contribution in [2.24, 2.45) is 0 Å². The van der Waals surface area contributed by atoms with Gasteiger partial charge in [0.05, 0.1) is 24.6 Å². The summed E-state index contributed by atoms with van der Waals surface area (Å²) in [7, 11) is -3.03. The Morgan fingerprint density at radius 2 is 2.08 bits per heavy atom. The van der Waals surface area contributed by atoms with E-state index in [9.17, 15) is 18.0 Å². The third kappa shape index (κ3) is 5.60. The second kappa shape index (κ2) is 7.75. The van der Waals surface area contributed by atoms with Crippen LogP contribution in [0.2, 0.25) is 0 Å². The molecule has 24 heavy (non-hydrogen) atoms. The molecule has 0 saturated carbocycles. The highest BCUT2D eigenvalue weighted by Crippen LogP contribution is 2.11. The number of aromatic nitrogens is 1. The van der Waals surface area contributed by atoms with E-state index in [2.05, 4.69) is 15.8 Å². The topological polar surface area (TPSA) is 122 Å². The van der Waals surface area contributed by atoms with Gasteiger partial charge in [-0.15, -0.1) is 0 Å². The number of aryl methyl sites for hydroxylation is 1. The Labute approximate surface area is 140 Å². The van der Waals surface area contributed by atoms with Crippen LogP contribution in [0.15, 0.2) is 10.6 Å². The highest BCUT2D eigenvalue weighted by Gasteiger charge is 2.29. The molecule has 2 rings (SSSR count). The van der Waals surface area contributed by atoms with Gasteiger partial charge >= 0.3 is 0 Å². The molecule has 0 unspecified atom stereocenters. The molecule has 1 fully saturated rings. The van der Waals surface area contributed by atoms with Crippen LogP contribution in [0.4, 0.5) is 5.82 Å². The second-order valence-corrected chi connectivity index (χ2v) is 8.07. The first-order chi connectivity index (χ1) is 11.3. The molecule has 2 amide bonds. The number of carbonyl (C=O) groups is 2. The van der Waals surface area contributed by atoms with E-state index in [0.29, 0.717) is 24.5 Å². The molecule has 1 aliphatic heterocycles. The van der Waals surface area contributed by atoms with Gasteiger partial charge in [0, 0.05) is 12.1 Å². The van der Waals surface area contributed by atoms with Crippen LogP contribution >= 0.6 is 0 Å². The first kappa shape index (κ1) is 18.4. The molecule has 1 aromatic heterocycles.